The fraction of sp³-hybridized carbons (Fsp3) is 0.476. The lowest BCUT2D eigenvalue weighted by molar-refractivity contribution is -0.134. The number of benzene rings is 1. The van der Waals surface area contributed by atoms with Gasteiger partial charge >= 0.3 is 0 Å². The van der Waals surface area contributed by atoms with E-state index in [0.717, 1.165) is 64.6 Å². The van der Waals surface area contributed by atoms with E-state index in [2.05, 4.69) is 32.2 Å². The number of aromatic hydroxyl groups is 1. The van der Waals surface area contributed by atoms with Crippen LogP contribution in [0.4, 0.5) is 5.69 Å². The summed E-state index contributed by atoms with van der Waals surface area (Å²) in [7, 11) is 0. The zero-order chi connectivity index (χ0) is 19.3. The van der Waals surface area contributed by atoms with Crippen LogP contribution < -0.4 is 4.90 Å². The third-order valence-corrected chi connectivity index (χ3v) is 6.49. The van der Waals surface area contributed by atoms with Crippen LogP contribution in [0, 0.1) is 0 Å². The molecule has 0 bridgehead atoms. The predicted octanol–water partition coefficient (Wildman–Crippen LogP) is 1.92. The van der Waals surface area contributed by atoms with Gasteiger partial charge in [-0.25, -0.2) is 0 Å². The van der Waals surface area contributed by atoms with Crippen LogP contribution >= 0.6 is 11.3 Å². The average molecular weight is 401 g/mol. The molecule has 4 rings (SSSR count). The summed E-state index contributed by atoms with van der Waals surface area (Å²) in [6, 6.07) is 11.6. The molecule has 0 saturated carbocycles. The number of anilines is 1. The first-order valence-electron chi connectivity index (χ1n) is 9.96. The first-order chi connectivity index (χ1) is 13.7. The Morgan fingerprint density at radius 2 is 1.57 bits per heavy atom. The molecule has 0 aliphatic carbocycles. The second-order valence-corrected chi connectivity index (χ2v) is 8.55. The van der Waals surface area contributed by atoms with E-state index in [1.165, 1.54) is 4.88 Å². The fourth-order valence-electron chi connectivity index (χ4n) is 3.90. The Hall–Kier alpha value is -2.09. The Morgan fingerprint density at radius 1 is 0.893 bits per heavy atom. The van der Waals surface area contributed by atoms with Gasteiger partial charge in [-0.15, -0.1) is 11.3 Å². The van der Waals surface area contributed by atoms with Crippen molar-refractivity contribution >= 4 is 22.9 Å². The molecule has 2 aliphatic rings. The second kappa shape index (κ2) is 8.94. The van der Waals surface area contributed by atoms with E-state index < -0.39 is 0 Å². The van der Waals surface area contributed by atoms with Crippen LogP contribution in [0.2, 0.25) is 0 Å². The number of carbonyl (C=O) groups excluding carboxylic acids is 1. The van der Waals surface area contributed by atoms with E-state index in [-0.39, 0.29) is 5.91 Å². The highest BCUT2D eigenvalue weighted by atomic mass is 32.1. The van der Waals surface area contributed by atoms with Crippen molar-refractivity contribution in [1.29, 1.82) is 0 Å². The van der Waals surface area contributed by atoms with Gasteiger partial charge in [0, 0.05) is 69.5 Å². The van der Waals surface area contributed by atoms with Gasteiger partial charge in [-0.3, -0.25) is 14.6 Å². The van der Waals surface area contributed by atoms with Crippen molar-refractivity contribution in [2.75, 3.05) is 63.8 Å². The van der Waals surface area contributed by atoms with Crippen LogP contribution in [0.1, 0.15) is 4.88 Å². The number of phenolic OH excluding ortho intramolecular Hbond substituents is 1. The number of piperazine rings is 2. The highest BCUT2D eigenvalue weighted by molar-refractivity contribution is 7.09. The maximum atomic E-state index is 12.7. The maximum Gasteiger partial charge on any atom is 0.236 e. The zero-order valence-corrected chi connectivity index (χ0v) is 17.0. The minimum Gasteiger partial charge on any atom is -0.508 e. The van der Waals surface area contributed by atoms with Gasteiger partial charge in [-0.2, -0.15) is 0 Å². The molecule has 0 radical (unpaired) electrons. The summed E-state index contributed by atoms with van der Waals surface area (Å²) < 4.78 is 0. The van der Waals surface area contributed by atoms with Gasteiger partial charge in [0.2, 0.25) is 5.91 Å². The Balaban J connectivity index is 1.19. The van der Waals surface area contributed by atoms with Crippen molar-refractivity contribution in [2.45, 2.75) is 6.54 Å². The highest BCUT2D eigenvalue weighted by Crippen LogP contribution is 2.20. The predicted molar refractivity (Wildman–Crippen MR) is 113 cm³/mol. The van der Waals surface area contributed by atoms with Crippen LogP contribution in [-0.2, 0) is 11.3 Å². The number of phenols is 1. The molecule has 7 heteroatoms. The van der Waals surface area contributed by atoms with Crippen molar-refractivity contribution in [3.8, 4) is 5.75 Å². The molecule has 1 aromatic heterocycles. The number of carbonyl (C=O) groups is 1. The van der Waals surface area contributed by atoms with E-state index in [9.17, 15) is 9.90 Å². The molecule has 2 saturated heterocycles. The Kier molecular flexibility index (Phi) is 6.14. The molecule has 150 valence electrons. The summed E-state index contributed by atoms with van der Waals surface area (Å²) >= 11 is 1.80. The Bertz CT molecular complexity index is 749. The molecule has 2 aromatic rings. The van der Waals surface area contributed by atoms with Crippen molar-refractivity contribution in [3.05, 3.63) is 46.7 Å². The summed E-state index contributed by atoms with van der Waals surface area (Å²) in [5.41, 5.74) is 1.13. The zero-order valence-electron chi connectivity index (χ0n) is 16.2. The summed E-state index contributed by atoms with van der Waals surface area (Å²) in [5, 5.41) is 11.6. The van der Waals surface area contributed by atoms with E-state index in [0.29, 0.717) is 12.3 Å². The van der Waals surface area contributed by atoms with Crippen LogP contribution in [-0.4, -0.2) is 84.6 Å². The largest absolute Gasteiger partial charge is 0.508 e. The lowest BCUT2D eigenvalue weighted by Gasteiger charge is -2.38. The normalized spacial score (nSPS) is 19.1. The summed E-state index contributed by atoms with van der Waals surface area (Å²) in [4.78, 5) is 23.1. The molecule has 0 unspecified atom stereocenters. The molecule has 3 heterocycles. The molecule has 2 fully saturated rings. The average Bonchev–Trinajstić information content (AvgIpc) is 3.23. The molecule has 6 nitrogen and oxygen atoms in total. The molecule has 0 atom stereocenters. The van der Waals surface area contributed by atoms with Crippen LogP contribution in [0.15, 0.2) is 41.8 Å². The second-order valence-electron chi connectivity index (χ2n) is 7.52. The SMILES string of the molecule is O=C(CN1CCN(c2ccc(O)cc2)CC1)N1CCN(Cc2cccs2)CC1. The number of thiophene rings is 1. The monoisotopic (exact) mass is 400 g/mol. The van der Waals surface area contributed by atoms with Crippen molar-refractivity contribution < 1.29 is 9.90 Å². The van der Waals surface area contributed by atoms with Crippen LogP contribution in [0.3, 0.4) is 0 Å². The molecule has 0 spiro atoms. The number of hydrogen-bond acceptors (Lipinski definition) is 6. The number of amides is 1. The maximum absolute atomic E-state index is 12.7. The summed E-state index contributed by atoms with van der Waals surface area (Å²) in [6.07, 6.45) is 0. The lowest BCUT2D eigenvalue weighted by Crippen LogP contribution is -2.53. The molecule has 2 aliphatic heterocycles. The Morgan fingerprint density at radius 3 is 2.21 bits per heavy atom. The van der Waals surface area contributed by atoms with E-state index >= 15 is 0 Å². The first-order valence-corrected chi connectivity index (χ1v) is 10.8. The number of nitrogens with zero attached hydrogens (tertiary/aromatic N) is 4. The molecular weight excluding hydrogens is 372 g/mol. The standard InChI is InChI=1S/C21H28N4O2S/c26-19-5-3-18(4-6-19)24-11-7-23(8-12-24)17-21(27)25-13-9-22(10-14-25)16-20-2-1-15-28-20/h1-6,15,26H,7-14,16-17H2. The lowest BCUT2D eigenvalue weighted by atomic mass is 10.2. The topological polar surface area (TPSA) is 50.3 Å². The van der Waals surface area contributed by atoms with Gasteiger partial charge in [0.25, 0.3) is 0 Å². The van der Waals surface area contributed by atoms with Gasteiger partial charge in [0.05, 0.1) is 6.54 Å². The molecule has 1 amide bonds. The molecule has 1 N–H and O–H groups in total. The Labute approximate surface area is 170 Å². The fourth-order valence-corrected chi connectivity index (χ4v) is 4.64. The van der Waals surface area contributed by atoms with Gasteiger partial charge in [-0.05, 0) is 35.7 Å². The van der Waals surface area contributed by atoms with Crippen molar-refractivity contribution in [2.24, 2.45) is 0 Å². The molecular formula is C21H28N4O2S. The van der Waals surface area contributed by atoms with Crippen molar-refractivity contribution in [1.82, 2.24) is 14.7 Å². The van der Waals surface area contributed by atoms with Gasteiger partial charge in [0.1, 0.15) is 5.75 Å². The van der Waals surface area contributed by atoms with E-state index in [4.69, 9.17) is 0 Å². The van der Waals surface area contributed by atoms with Gasteiger partial charge < -0.3 is 14.9 Å². The molecule has 28 heavy (non-hydrogen) atoms. The first kappa shape index (κ1) is 19.2. The third kappa shape index (κ3) is 4.84. The van der Waals surface area contributed by atoms with Gasteiger partial charge in [0.15, 0.2) is 0 Å². The van der Waals surface area contributed by atoms with Crippen LogP contribution in [0.25, 0.3) is 0 Å². The van der Waals surface area contributed by atoms with E-state index in [1.54, 1.807) is 23.5 Å². The number of rotatable bonds is 5. The summed E-state index contributed by atoms with van der Waals surface area (Å²) in [5.74, 6) is 0.553. The third-order valence-electron chi connectivity index (χ3n) is 5.63. The number of hydrogen-bond donors (Lipinski definition) is 1. The van der Waals surface area contributed by atoms with E-state index in [1.807, 2.05) is 17.0 Å². The summed E-state index contributed by atoms with van der Waals surface area (Å²) in [6.45, 7) is 8.70. The van der Waals surface area contributed by atoms with Gasteiger partial charge in [-0.1, -0.05) is 6.07 Å². The van der Waals surface area contributed by atoms with Crippen LogP contribution in [0.5, 0.6) is 5.75 Å². The minimum atomic E-state index is 0.258. The smallest absolute Gasteiger partial charge is 0.236 e. The minimum absolute atomic E-state index is 0.258. The molecule has 1 aromatic carbocycles. The quantitative estimate of drug-likeness (QED) is 0.831. The highest BCUT2D eigenvalue weighted by Gasteiger charge is 2.25. The van der Waals surface area contributed by atoms with Crippen molar-refractivity contribution in [3.63, 3.8) is 0 Å².